The molecule has 7 nitrogen and oxygen atoms in total. The highest BCUT2D eigenvalue weighted by Gasteiger charge is 2.33. The summed E-state index contributed by atoms with van der Waals surface area (Å²) in [5, 5.41) is 3.80. The fraction of sp³-hybridized carbons (Fsp3) is 0.462. The van der Waals surface area contributed by atoms with E-state index in [-0.39, 0.29) is 18.5 Å². The van der Waals surface area contributed by atoms with Crippen molar-refractivity contribution in [3.8, 4) is 0 Å². The van der Waals surface area contributed by atoms with Gasteiger partial charge >= 0.3 is 0 Å². The van der Waals surface area contributed by atoms with Crippen LogP contribution in [0.2, 0.25) is 10.0 Å². The molecule has 2 aromatic carbocycles. The third-order valence-corrected chi connectivity index (χ3v) is 8.35. The van der Waals surface area contributed by atoms with E-state index in [9.17, 15) is 18.0 Å². The number of hydrogen-bond acceptors (Lipinski definition) is 4. The monoisotopic (exact) mass is 553 g/mol. The second kappa shape index (κ2) is 12.3. The van der Waals surface area contributed by atoms with Crippen LogP contribution in [-0.2, 0) is 26.2 Å². The molecule has 1 fully saturated rings. The minimum absolute atomic E-state index is 0.0810. The Morgan fingerprint density at radius 3 is 2.33 bits per heavy atom. The van der Waals surface area contributed by atoms with Gasteiger partial charge < -0.3 is 10.2 Å². The zero-order valence-electron chi connectivity index (χ0n) is 20.8. The van der Waals surface area contributed by atoms with Crippen molar-refractivity contribution in [2.24, 2.45) is 0 Å². The molecule has 36 heavy (non-hydrogen) atoms. The average Bonchev–Trinajstić information content (AvgIpc) is 3.32. The van der Waals surface area contributed by atoms with Gasteiger partial charge in [0.15, 0.2) is 0 Å². The molecule has 10 heteroatoms. The standard InChI is InChI=1S/C26H33Cl2N3O4S/c1-4-23(26(33)29-20-10-6-7-11-20)30(16-19-13-14-21(27)22(28)15-19)25(32)17-31(36(3,34)35)24-12-8-5-9-18(24)2/h5,8-9,12-15,20,23H,4,6-7,10-11,16-17H2,1-3H3,(H,29,33). The van der Waals surface area contributed by atoms with Crippen LogP contribution >= 0.6 is 23.2 Å². The van der Waals surface area contributed by atoms with Crippen LogP contribution in [0, 0.1) is 6.92 Å². The van der Waals surface area contributed by atoms with Gasteiger partial charge in [0.05, 0.1) is 22.0 Å². The van der Waals surface area contributed by atoms with Crippen LogP contribution in [0.1, 0.15) is 50.2 Å². The Labute approximate surface area is 223 Å². The summed E-state index contributed by atoms with van der Waals surface area (Å²) in [4.78, 5) is 28.5. The van der Waals surface area contributed by atoms with Crippen molar-refractivity contribution in [2.45, 2.75) is 64.6 Å². The van der Waals surface area contributed by atoms with Crippen LogP contribution in [0.15, 0.2) is 42.5 Å². The van der Waals surface area contributed by atoms with E-state index in [1.807, 2.05) is 6.92 Å². The maximum absolute atomic E-state index is 13.8. The molecule has 0 radical (unpaired) electrons. The van der Waals surface area contributed by atoms with Crippen molar-refractivity contribution in [2.75, 3.05) is 17.1 Å². The molecular formula is C26H33Cl2N3O4S. The first-order valence-corrected chi connectivity index (χ1v) is 14.7. The van der Waals surface area contributed by atoms with Crippen molar-refractivity contribution < 1.29 is 18.0 Å². The summed E-state index contributed by atoms with van der Waals surface area (Å²) < 4.78 is 26.6. The third kappa shape index (κ3) is 7.14. The lowest BCUT2D eigenvalue weighted by Crippen LogP contribution is -2.53. The van der Waals surface area contributed by atoms with Crippen molar-refractivity contribution in [1.82, 2.24) is 10.2 Å². The number of sulfonamides is 1. The quantitative estimate of drug-likeness (QED) is 0.451. The molecule has 3 rings (SSSR count). The number of nitrogens with zero attached hydrogens (tertiary/aromatic N) is 2. The first-order valence-electron chi connectivity index (χ1n) is 12.1. The summed E-state index contributed by atoms with van der Waals surface area (Å²) in [5.74, 6) is -0.720. The number of rotatable bonds is 10. The number of hydrogen-bond donors (Lipinski definition) is 1. The molecule has 2 amide bonds. The van der Waals surface area contributed by atoms with Crippen LogP contribution in [-0.4, -0.2) is 50.0 Å². The SMILES string of the molecule is CCC(C(=O)NC1CCCC1)N(Cc1ccc(Cl)c(Cl)c1)C(=O)CN(c1ccccc1C)S(C)(=O)=O. The molecular weight excluding hydrogens is 521 g/mol. The molecule has 2 aromatic rings. The number of aryl methyl sites for hydroxylation is 1. The fourth-order valence-electron chi connectivity index (χ4n) is 4.56. The summed E-state index contributed by atoms with van der Waals surface area (Å²) in [7, 11) is -3.78. The maximum atomic E-state index is 13.8. The second-order valence-electron chi connectivity index (χ2n) is 9.24. The second-order valence-corrected chi connectivity index (χ2v) is 12.0. The lowest BCUT2D eigenvalue weighted by molar-refractivity contribution is -0.140. The highest BCUT2D eigenvalue weighted by Crippen LogP contribution is 2.26. The third-order valence-electron chi connectivity index (χ3n) is 6.49. The highest BCUT2D eigenvalue weighted by molar-refractivity contribution is 7.92. The lowest BCUT2D eigenvalue weighted by atomic mass is 10.1. The molecule has 1 atom stereocenters. The van der Waals surface area contributed by atoms with Gasteiger partial charge in [0.1, 0.15) is 12.6 Å². The van der Waals surface area contributed by atoms with Gasteiger partial charge in [-0.2, -0.15) is 0 Å². The normalized spacial score (nSPS) is 14.9. The number of carbonyl (C=O) groups excluding carboxylic acids is 2. The molecule has 1 aliphatic rings. The zero-order valence-corrected chi connectivity index (χ0v) is 23.2. The van der Waals surface area contributed by atoms with E-state index in [0.29, 0.717) is 27.7 Å². The molecule has 1 N–H and O–H groups in total. The van der Waals surface area contributed by atoms with Gasteiger partial charge in [0.2, 0.25) is 21.8 Å². The molecule has 0 aromatic heterocycles. The number of halogens is 2. The minimum Gasteiger partial charge on any atom is -0.352 e. The smallest absolute Gasteiger partial charge is 0.244 e. The Kier molecular flexibility index (Phi) is 9.66. The van der Waals surface area contributed by atoms with E-state index in [2.05, 4.69) is 5.32 Å². The van der Waals surface area contributed by atoms with Gasteiger partial charge in [0, 0.05) is 12.6 Å². The minimum atomic E-state index is -3.78. The summed E-state index contributed by atoms with van der Waals surface area (Å²) in [6, 6.07) is 11.3. The van der Waals surface area contributed by atoms with Gasteiger partial charge in [0.25, 0.3) is 0 Å². The topological polar surface area (TPSA) is 86.8 Å². The molecule has 0 aliphatic heterocycles. The van der Waals surface area contributed by atoms with Crippen LogP contribution in [0.25, 0.3) is 0 Å². The predicted octanol–water partition coefficient (Wildman–Crippen LogP) is 4.93. The Morgan fingerprint density at radius 2 is 1.75 bits per heavy atom. The molecule has 1 unspecified atom stereocenters. The van der Waals surface area contributed by atoms with E-state index in [1.54, 1.807) is 49.4 Å². The summed E-state index contributed by atoms with van der Waals surface area (Å²) in [6.45, 7) is 3.27. The Balaban J connectivity index is 1.95. The first kappa shape index (κ1) is 28.3. The first-order chi connectivity index (χ1) is 17.0. The maximum Gasteiger partial charge on any atom is 0.244 e. The predicted molar refractivity (Wildman–Crippen MR) is 145 cm³/mol. The zero-order chi connectivity index (χ0) is 26.5. The molecule has 196 valence electrons. The molecule has 1 aliphatic carbocycles. The number of para-hydroxylation sites is 1. The summed E-state index contributed by atoms with van der Waals surface area (Å²) >= 11 is 12.3. The number of anilines is 1. The number of amides is 2. The van der Waals surface area contributed by atoms with Gasteiger partial charge in [-0.05, 0) is 55.5 Å². The Hall–Kier alpha value is -2.29. The number of carbonyl (C=O) groups is 2. The van der Waals surface area contributed by atoms with Crippen LogP contribution < -0.4 is 9.62 Å². The number of nitrogens with one attached hydrogen (secondary N) is 1. The van der Waals surface area contributed by atoms with E-state index < -0.39 is 28.5 Å². The van der Waals surface area contributed by atoms with E-state index in [1.165, 1.54) is 4.90 Å². The molecule has 0 spiro atoms. The Morgan fingerprint density at radius 1 is 1.08 bits per heavy atom. The molecule has 0 heterocycles. The van der Waals surface area contributed by atoms with E-state index in [4.69, 9.17) is 23.2 Å². The Bertz CT molecular complexity index is 1200. The fourth-order valence-corrected chi connectivity index (χ4v) is 5.79. The van der Waals surface area contributed by atoms with E-state index in [0.717, 1.165) is 41.8 Å². The van der Waals surface area contributed by atoms with Crippen LogP contribution in [0.5, 0.6) is 0 Å². The van der Waals surface area contributed by atoms with Gasteiger partial charge in [-0.1, -0.05) is 67.2 Å². The highest BCUT2D eigenvalue weighted by atomic mass is 35.5. The molecule has 0 saturated heterocycles. The van der Waals surface area contributed by atoms with E-state index >= 15 is 0 Å². The van der Waals surface area contributed by atoms with Crippen LogP contribution in [0.3, 0.4) is 0 Å². The van der Waals surface area contributed by atoms with Crippen molar-refractivity contribution >= 4 is 50.7 Å². The molecule has 1 saturated carbocycles. The van der Waals surface area contributed by atoms with Crippen molar-refractivity contribution in [3.05, 3.63) is 63.6 Å². The van der Waals surface area contributed by atoms with Gasteiger partial charge in [-0.3, -0.25) is 13.9 Å². The van der Waals surface area contributed by atoms with Crippen LogP contribution in [0.4, 0.5) is 5.69 Å². The molecule has 0 bridgehead atoms. The summed E-state index contributed by atoms with van der Waals surface area (Å²) in [6.07, 6.45) is 5.39. The van der Waals surface area contributed by atoms with Gasteiger partial charge in [-0.25, -0.2) is 8.42 Å². The average molecular weight is 555 g/mol. The lowest BCUT2D eigenvalue weighted by Gasteiger charge is -2.33. The summed E-state index contributed by atoms with van der Waals surface area (Å²) in [5.41, 5.74) is 1.83. The number of benzene rings is 2. The van der Waals surface area contributed by atoms with Crippen molar-refractivity contribution in [3.63, 3.8) is 0 Å². The van der Waals surface area contributed by atoms with Crippen molar-refractivity contribution in [1.29, 1.82) is 0 Å². The van der Waals surface area contributed by atoms with Gasteiger partial charge in [-0.15, -0.1) is 0 Å². The largest absolute Gasteiger partial charge is 0.352 e.